The number of nitrogens with one attached hydrogen (secondary N) is 2. The van der Waals surface area contributed by atoms with Crippen LogP contribution < -0.4 is 10.6 Å². The lowest BCUT2D eigenvalue weighted by atomic mass is 9.95. The van der Waals surface area contributed by atoms with Crippen molar-refractivity contribution in [2.45, 2.75) is 38.6 Å². The zero-order chi connectivity index (χ0) is 17.6. The monoisotopic (exact) mass is 382 g/mol. The minimum atomic E-state index is -0.304. The van der Waals surface area contributed by atoms with Crippen LogP contribution in [0.2, 0.25) is 0 Å². The number of hydrogen-bond donors (Lipinski definition) is 2. The van der Waals surface area contributed by atoms with E-state index < -0.39 is 0 Å². The molecule has 0 radical (unpaired) electrons. The molecule has 6 nitrogen and oxygen atoms in total. The van der Waals surface area contributed by atoms with Crippen LogP contribution in [0.5, 0.6) is 0 Å². The van der Waals surface area contributed by atoms with Crippen LogP contribution in [0.1, 0.15) is 32.1 Å². The first-order valence-corrected chi connectivity index (χ1v) is 8.70. The maximum atomic E-state index is 12.9. The average Bonchev–Trinajstić information content (AvgIpc) is 3.06. The number of nitrogens with zero attached hydrogens (tertiary/aromatic N) is 2. The van der Waals surface area contributed by atoms with E-state index in [0.29, 0.717) is 42.5 Å². The summed E-state index contributed by atoms with van der Waals surface area (Å²) in [6.45, 7) is 4.04. The predicted molar refractivity (Wildman–Crippen MR) is 98.5 cm³/mol. The SMILES string of the molecule is CC1CNCCC1NC(=O)CCCc1nc(-c2ccc(F)cc2)no1.Cl. The van der Waals surface area contributed by atoms with Gasteiger partial charge in [0.1, 0.15) is 5.82 Å². The van der Waals surface area contributed by atoms with Gasteiger partial charge in [-0.05, 0) is 56.1 Å². The summed E-state index contributed by atoms with van der Waals surface area (Å²) in [6.07, 6.45) is 2.60. The number of benzene rings is 1. The minimum absolute atomic E-state index is 0. The van der Waals surface area contributed by atoms with Crippen molar-refractivity contribution < 1.29 is 13.7 Å². The second-order valence-electron chi connectivity index (χ2n) is 6.52. The maximum Gasteiger partial charge on any atom is 0.226 e. The smallest absolute Gasteiger partial charge is 0.226 e. The Labute approximate surface area is 158 Å². The Morgan fingerprint density at radius 1 is 1.38 bits per heavy atom. The molecule has 142 valence electrons. The molecule has 26 heavy (non-hydrogen) atoms. The zero-order valence-corrected chi connectivity index (χ0v) is 15.5. The Hall–Kier alpha value is -1.99. The van der Waals surface area contributed by atoms with Crippen molar-refractivity contribution >= 4 is 18.3 Å². The lowest BCUT2D eigenvalue weighted by Gasteiger charge is -2.30. The zero-order valence-electron chi connectivity index (χ0n) is 14.7. The van der Waals surface area contributed by atoms with Crippen molar-refractivity contribution in [1.29, 1.82) is 0 Å². The van der Waals surface area contributed by atoms with Crippen LogP contribution in [0.25, 0.3) is 11.4 Å². The summed E-state index contributed by atoms with van der Waals surface area (Å²) in [5.74, 6) is 1.14. The molecule has 0 aliphatic carbocycles. The molecule has 1 aromatic heterocycles. The molecular weight excluding hydrogens is 359 g/mol. The van der Waals surface area contributed by atoms with Crippen LogP contribution in [0.3, 0.4) is 0 Å². The Kier molecular flexibility index (Phi) is 7.53. The van der Waals surface area contributed by atoms with E-state index in [2.05, 4.69) is 27.7 Å². The molecule has 1 aromatic carbocycles. The number of rotatable bonds is 6. The molecule has 2 heterocycles. The summed E-state index contributed by atoms with van der Waals surface area (Å²) in [5.41, 5.74) is 0.703. The fraction of sp³-hybridized carbons (Fsp3) is 0.500. The molecule has 2 aromatic rings. The van der Waals surface area contributed by atoms with E-state index in [9.17, 15) is 9.18 Å². The maximum absolute atomic E-state index is 12.9. The Bertz CT molecular complexity index is 707. The van der Waals surface area contributed by atoms with Gasteiger partial charge in [0.25, 0.3) is 0 Å². The Balaban J connectivity index is 0.00000243. The fourth-order valence-electron chi connectivity index (χ4n) is 2.98. The molecule has 1 saturated heterocycles. The van der Waals surface area contributed by atoms with Crippen LogP contribution >= 0.6 is 12.4 Å². The molecule has 2 atom stereocenters. The quantitative estimate of drug-likeness (QED) is 0.803. The van der Waals surface area contributed by atoms with Crippen LogP contribution in [0.15, 0.2) is 28.8 Å². The number of carbonyl (C=O) groups excluding carboxylic acids is 1. The number of aromatic nitrogens is 2. The lowest BCUT2D eigenvalue weighted by molar-refractivity contribution is -0.122. The number of hydrogen-bond acceptors (Lipinski definition) is 5. The van der Waals surface area contributed by atoms with Crippen molar-refractivity contribution in [1.82, 2.24) is 20.8 Å². The molecule has 0 saturated carbocycles. The highest BCUT2D eigenvalue weighted by Gasteiger charge is 2.22. The van der Waals surface area contributed by atoms with Gasteiger partial charge >= 0.3 is 0 Å². The van der Waals surface area contributed by atoms with E-state index in [-0.39, 0.29) is 30.2 Å². The van der Waals surface area contributed by atoms with Crippen molar-refractivity contribution in [3.63, 3.8) is 0 Å². The van der Waals surface area contributed by atoms with Crippen LogP contribution in [-0.2, 0) is 11.2 Å². The summed E-state index contributed by atoms with van der Waals surface area (Å²) in [5, 5.41) is 10.3. The van der Waals surface area contributed by atoms with Crippen molar-refractivity contribution in [3.8, 4) is 11.4 Å². The summed E-state index contributed by atoms with van der Waals surface area (Å²) < 4.78 is 18.1. The molecular formula is C18H24ClFN4O2. The van der Waals surface area contributed by atoms with Gasteiger partial charge in [0, 0.05) is 24.4 Å². The molecule has 1 amide bonds. The molecule has 3 rings (SSSR count). The van der Waals surface area contributed by atoms with Gasteiger partial charge in [-0.1, -0.05) is 12.1 Å². The van der Waals surface area contributed by atoms with E-state index >= 15 is 0 Å². The highest BCUT2D eigenvalue weighted by Crippen LogP contribution is 2.17. The number of aryl methyl sites for hydroxylation is 1. The predicted octanol–water partition coefficient (Wildman–Crippen LogP) is 2.73. The molecule has 0 bridgehead atoms. The van der Waals surface area contributed by atoms with Gasteiger partial charge in [-0.3, -0.25) is 4.79 Å². The van der Waals surface area contributed by atoms with Crippen molar-refractivity contribution in [2.24, 2.45) is 5.92 Å². The molecule has 1 fully saturated rings. The normalized spacial score (nSPS) is 19.6. The summed E-state index contributed by atoms with van der Waals surface area (Å²) in [6, 6.07) is 6.19. The topological polar surface area (TPSA) is 80.0 Å². The van der Waals surface area contributed by atoms with Crippen LogP contribution in [0.4, 0.5) is 4.39 Å². The van der Waals surface area contributed by atoms with Crippen LogP contribution in [-0.4, -0.2) is 35.2 Å². The number of amides is 1. The third-order valence-corrected chi connectivity index (χ3v) is 4.50. The van der Waals surface area contributed by atoms with E-state index in [1.54, 1.807) is 12.1 Å². The highest BCUT2D eigenvalue weighted by atomic mass is 35.5. The summed E-state index contributed by atoms with van der Waals surface area (Å²) in [7, 11) is 0. The second-order valence-corrected chi connectivity index (χ2v) is 6.52. The summed E-state index contributed by atoms with van der Waals surface area (Å²) in [4.78, 5) is 16.4. The van der Waals surface area contributed by atoms with Gasteiger partial charge in [0.2, 0.25) is 17.6 Å². The molecule has 2 unspecified atom stereocenters. The van der Waals surface area contributed by atoms with Gasteiger partial charge in [-0.2, -0.15) is 4.98 Å². The number of halogens is 2. The molecule has 1 aliphatic rings. The van der Waals surface area contributed by atoms with Crippen molar-refractivity contribution in [2.75, 3.05) is 13.1 Å². The summed E-state index contributed by atoms with van der Waals surface area (Å²) >= 11 is 0. The molecule has 2 N–H and O–H groups in total. The lowest BCUT2D eigenvalue weighted by Crippen LogP contribution is -2.48. The van der Waals surface area contributed by atoms with Crippen LogP contribution in [0, 0.1) is 11.7 Å². The van der Waals surface area contributed by atoms with Gasteiger partial charge in [0.15, 0.2) is 0 Å². The van der Waals surface area contributed by atoms with Gasteiger partial charge < -0.3 is 15.2 Å². The number of piperidine rings is 1. The molecule has 8 heteroatoms. The second kappa shape index (κ2) is 9.64. The van der Waals surface area contributed by atoms with E-state index in [0.717, 1.165) is 19.5 Å². The molecule has 1 aliphatic heterocycles. The fourth-order valence-corrected chi connectivity index (χ4v) is 2.98. The standard InChI is InChI=1S/C18H23FN4O2.ClH/c1-12-11-20-10-9-15(12)21-16(24)3-2-4-17-22-18(23-25-17)13-5-7-14(19)8-6-13;/h5-8,12,15,20H,2-4,9-11H2,1H3,(H,21,24);1H. The molecule has 0 spiro atoms. The van der Waals surface area contributed by atoms with Gasteiger partial charge in [-0.25, -0.2) is 4.39 Å². The third kappa shape index (κ3) is 5.51. The number of carbonyl (C=O) groups is 1. The van der Waals surface area contributed by atoms with E-state index in [4.69, 9.17) is 4.52 Å². The highest BCUT2D eigenvalue weighted by molar-refractivity contribution is 5.85. The van der Waals surface area contributed by atoms with Gasteiger partial charge in [0.05, 0.1) is 0 Å². The first-order valence-electron chi connectivity index (χ1n) is 8.70. The minimum Gasteiger partial charge on any atom is -0.353 e. The average molecular weight is 383 g/mol. The largest absolute Gasteiger partial charge is 0.353 e. The van der Waals surface area contributed by atoms with E-state index in [1.165, 1.54) is 12.1 Å². The third-order valence-electron chi connectivity index (χ3n) is 4.50. The Morgan fingerprint density at radius 2 is 2.15 bits per heavy atom. The first-order chi connectivity index (χ1) is 12.1. The van der Waals surface area contributed by atoms with Gasteiger partial charge in [-0.15, -0.1) is 12.4 Å². The van der Waals surface area contributed by atoms with Crippen molar-refractivity contribution in [3.05, 3.63) is 36.0 Å². The first kappa shape index (κ1) is 20.3. The Morgan fingerprint density at radius 3 is 2.88 bits per heavy atom. The van der Waals surface area contributed by atoms with E-state index in [1.807, 2.05) is 0 Å².